The van der Waals surface area contributed by atoms with Crippen LogP contribution in [-0.4, -0.2) is 42.2 Å². The fourth-order valence-corrected chi connectivity index (χ4v) is 2.08. The first-order chi connectivity index (χ1) is 7.60. The van der Waals surface area contributed by atoms with Crippen LogP contribution in [0, 0.1) is 0 Å². The van der Waals surface area contributed by atoms with E-state index in [9.17, 15) is 0 Å². The fraction of sp³-hybridized carbons (Fsp3) is 0.818. The highest BCUT2D eigenvalue weighted by Gasteiger charge is 2.34. The molecule has 2 heterocycles. The van der Waals surface area contributed by atoms with E-state index in [0.29, 0.717) is 0 Å². The van der Waals surface area contributed by atoms with Crippen molar-refractivity contribution in [3.05, 3.63) is 11.7 Å². The fourth-order valence-electron chi connectivity index (χ4n) is 2.08. The standard InChI is InChI=1S/C11H20N4O/c1-11(5-4-6-12-8-11)10-13-9(14-16-10)7-15(2)3/h12H,4-8H2,1-3H3. The smallest absolute Gasteiger partial charge is 0.233 e. The molecule has 5 heteroatoms. The van der Waals surface area contributed by atoms with Crippen molar-refractivity contribution in [2.24, 2.45) is 0 Å². The maximum atomic E-state index is 5.38. The quantitative estimate of drug-likeness (QED) is 0.822. The Bertz CT molecular complexity index is 342. The molecule has 1 aromatic heterocycles. The number of hydrogen-bond acceptors (Lipinski definition) is 5. The molecular weight excluding hydrogens is 204 g/mol. The van der Waals surface area contributed by atoms with Gasteiger partial charge in [0.2, 0.25) is 5.89 Å². The van der Waals surface area contributed by atoms with E-state index in [1.54, 1.807) is 0 Å². The van der Waals surface area contributed by atoms with Gasteiger partial charge in [-0.25, -0.2) is 0 Å². The van der Waals surface area contributed by atoms with Gasteiger partial charge >= 0.3 is 0 Å². The minimum atomic E-state index is 0.00973. The Morgan fingerprint density at radius 3 is 2.94 bits per heavy atom. The largest absolute Gasteiger partial charge is 0.339 e. The Morgan fingerprint density at radius 2 is 2.31 bits per heavy atom. The second kappa shape index (κ2) is 4.51. The summed E-state index contributed by atoms with van der Waals surface area (Å²) in [5.74, 6) is 1.54. The zero-order valence-electron chi connectivity index (χ0n) is 10.3. The number of hydrogen-bond donors (Lipinski definition) is 1. The van der Waals surface area contributed by atoms with Crippen molar-refractivity contribution in [3.63, 3.8) is 0 Å². The summed E-state index contributed by atoms with van der Waals surface area (Å²) >= 11 is 0. The Labute approximate surface area is 96.2 Å². The molecule has 1 aliphatic heterocycles. The molecule has 1 saturated heterocycles. The summed E-state index contributed by atoms with van der Waals surface area (Å²) in [6.07, 6.45) is 2.28. The van der Waals surface area contributed by atoms with E-state index in [2.05, 4.69) is 22.4 Å². The lowest BCUT2D eigenvalue weighted by atomic mass is 9.83. The van der Waals surface area contributed by atoms with E-state index < -0.39 is 0 Å². The molecule has 5 nitrogen and oxygen atoms in total. The van der Waals surface area contributed by atoms with Crippen molar-refractivity contribution in [3.8, 4) is 0 Å². The monoisotopic (exact) mass is 224 g/mol. The summed E-state index contributed by atoms with van der Waals surface area (Å²) < 4.78 is 5.38. The lowest BCUT2D eigenvalue weighted by Crippen LogP contribution is -2.41. The van der Waals surface area contributed by atoms with Crippen LogP contribution in [-0.2, 0) is 12.0 Å². The number of rotatable bonds is 3. The van der Waals surface area contributed by atoms with Crippen molar-refractivity contribution < 1.29 is 4.52 Å². The molecule has 1 N–H and O–H groups in total. The highest BCUT2D eigenvalue weighted by atomic mass is 16.5. The van der Waals surface area contributed by atoms with Crippen LogP contribution >= 0.6 is 0 Å². The van der Waals surface area contributed by atoms with Crippen molar-refractivity contribution in [2.75, 3.05) is 27.2 Å². The van der Waals surface area contributed by atoms with Crippen LogP contribution in [0.4, 0.5) is 0 Å². The molecule has 1 aliphatic rings. The lowest BCUT2D eigenvalue weighted by molar-refractivity contribution is 0.244. The van der Waals surface area contributed by atoms with Crippen LogP contribution in [0.2, 0.25) is 0 Å². The average molecular weight is 224 g/mol. The second-order valence-corrected chi connectivity index (χ2v) is 5.09. The minimum absolute atomic E-state index is 0.00973. The summed E-state index contributed by atoms with van der Waals surface area (Å²) in [6, 6.07) is 0. The first kappa shape index (κ1) is 11.5. The van der Waals surface area contributed by atoms with Crippen LogP contribution in [0.25, 0.3) is 0 Å². The van der Waals surface area contributed by atoms with Crippen molar-refractivity contribution in [1.82, 2.24) is 20.4 Å². The van der Waals surface area contributed by atoms with Gasteiger partial charge in [-0.2, -0.15) is 4.98 Å². The summed E-state index contributed by atoms with van der Waals surface area (Å²) in [5, 5.41) is 7.41. The molecule has 0 saturated carbocycles. The first-order valence-corrected chi connectivity index (χ1v) is 5.79. The van der Waals surface area contributed by atoms with Crippen molar-refractivity contribution in [2.45, 2.75) is 31.7 Å². The molecule has 1 aromatic rings. The Hall–Kier alpha value is -0.940. The van der Waals surface area contributed by atoms with E-state index in [1.165, 1.54) is 6.42 Å². The number of nitrogens with one attached hydrogen (secondary N) is 1. The molecule has 0 bridgehead atoms. The van der Waals surface area contributed by atoms with Crippen molar-refractivity contribution >= 4 is 0 Å². The lowest BCUT2D eigenvalue weighted by Gasteiger charge is -2.30. The molecule has 1 unspecified atom stereocenters. The first-order valence-electron chi connectivity index (χ1n) is 5.79. The third-order valence-corrected chi connectivity index (χ3v) is 3.04. The van der Waals surface area contributed by atoms with Crippen LogP contribution in [0.15, 0.2) is 4.52 Å². The third-order valence-electron chi connectivity index (χ3n) is 3.04. The Kier molecular flexibility index (Phi) is 3.25. The van der Waals surface area contributed by atoms with Gasteiger partial charge in [0, 0.05) is 6.54 Å². The molecule has 1 fully saturated rings. The summed E-state index contributed by atoms with van der Waals surface area (Å²) in [5.41, 5.74) is 0.00973. The maximum Gasteiger partial charge on any atom is 0.233 e. The molecule has 0 spiro atoms. The van der Waals surface area contributed by atoms with E-state index in [-0.39, 0.29) is 5.41 Å². The third kappa shape index (κ3) is 2.41. The van der Waals surface area contributed by atoms with E-state index in [1.807, 2.05) is 19.0 Å². The summed E-state index contributed by atoms with van der Waals surface area (Å²) in [6.45, 7) is 4.93. The van der Waals surface area contributed by atoms with Crippen molar-refractivity contribution in [1.29, 1.82) is 0 Å². The van der Waals surface area contributed by atoms with E-state index in [4.69, 9.17) is 4.52 Å². The van der Waals surface area contributed by atoms with Gasteiger partial charge < -0.3 is 14.7 Å². The molecule has 90 valence electrons. The summed E-state index contributed by atoms with van der Waals surface area (Å²) in [7, 11) is 4.00. The number of piperidine rings is 1. The van der Waals surface area contributed by atoms with Gasteiger partial charge in [-0.15, -0.1) is 0 Å². The Morgan fingerprint density at radius 1 is 1.50 bits per heavy atom. The topological polar surface area (TPSA) is 54.2 Å². The van der Waals surface area contributed by atoms with Crippen LogP contribution in [0.5, 0.6) is 0 Å². The Balaban J connectivity index is 2.10. The highest BCUT2D eigenvalue weighted by molar-refractivity contribution is 5.06. The summed E-state index contributed by atoms with van der Waals surface area (Å²) in [4.78, 5) is 6.52. The van der Waals surface area contributed by atoms with Gasteiger partial charge in [-0.1, -0.05) is 5.16 Å². The van der Waals surface area contributed by atoms with Gasteiger partial charge in [-0.3, -0.25) is 0 Å². The highest BCUT2D eigenvalue weighted by Crippen LogP contribution is 2.29. The maximum absolute atomic E-state index is 5.38. The molecular formula is C11H20N4O. The predicted molar refractivity (Wildman–Crippen MR) is 61.1 cm³/mol. The molecule has 0 radical (unpaired) electrons. The van der Waals surface area contributed by atoms with Crippen LogP contribution in [0.3, 0.4) is 0 Å². The number of aromatic nitrogens is 2. The minimum Gasteiger partial charge on any atom is -0.339 e. The van der Waals surface area contributed by atoms with E-state index in [0.717, 1.165) is 37.8 Å². The van der Waals surface area contributed by atoms with Gasteiger partial charge in [0.15, 0.2) is 5.82 Å². The zero-order valence-corrected chi connectivity index (χ0v) is 10.3. The van der Waals surface area contributed by atoms with Crippen LogP contribution in [0.1, 0.15) is 31.5 Å². The van der Waals surface area contributed by atoms with Gasteiger partial charge in [0.25, 0.3) is 0 Å². The second-order valence-electron chi connectivity index (χ2n) is 5.09. The average Bonchev–Trinajstić information content (AvgIpc) is 2.67. The van der Waals surface area contributed by atoms with Gasteiger partial charge in [-0.05, 0) is 40.4 Å². The number of nitrogens with zero attached hydrogens (tertiary/aromatic N) is 3. The molecule has 0 amide bonds. The molecule has 2 rings (SSSR count). The molecule has 1 atom stereocenters. The molecule has 0 aromatic carbocycles. The van der Waals surface area contributed by atoms with Gasteiger partial charge in [0.1, 0.15) is 0 Å². The molecule has 16 heavy (non-hydrogen) atoms. The SMILES string of the molecule is CN(C)Cc1noc(C2(C)CCCNC2)n1. The normalized spacial score (nSPS) is 26.2. The van der Waals surface area contributed by atoms with E-state index >= 15 is 0 Å². The van der Waals surface area contributed by atoms with Crippen LogP contribution < -0.4 is 5.32 Å². The molecule has 0 aliphatic carbocycles. The zero-order chi connectivity index (χ0) is 11.6. The predicted octanol–water partition coefficient (Wildman–Crippen LogP) is 0.772. The van der Waals surface area contributed by atoms with Gasteiger partial charge in [0.05, 0.1) is 12.0 Å².